The predicted octanol–water partition coefficient (Wildman–Crippen LogP) is 0.650. The zero-order valence-electron chi connectivity index (χ0n) is 8.08. The monoisotopic (exact) mass is 194 g/mol. The van der Waals surface area contributed by atoms with Crippen LogP contribution in [0.4, 0.5) is 0 Å². The van der Waals surface area contributed by atoms with Crippen molar-refractivity contribution in [2.24, 2.45) is 5.73 Å². The molecule has 14 heavy (non-hydrogen) atoms. The van der Waals surface area contributed by atoms with Crippen molar-refractivity contribution in [2.75, 3.05) is 13.2 Å². The van der Waals surface area contributed by atoms with E-state index in [0.717, 1.165) is 5.56 Å². The Balaban J connectivity index is 2.96. The van der Waals surface area contributed by atoms with Gasteiger partial charge < -0.3 is 15.6 Å². The third-order valence-corrected chi connectivity index (χ3v) is 1.77. The number of amidine groups is 1. The maximum atomic E-state index is 8.60. The Hall–Kier alpha value is -1.55. The molecule has 0 atom stereocenters. The number of aryl methyl sites for hydroxylation is 1. The molecule has 0 bridgehead atoms. The van der Waals surface area contributed by atoms with Gasteiger partial charge in [-0.25, -0.2) is 0 Å². The van der Waals surface area contributed by atoms with E-state index in [1.807, 2.05) is 13.0 Å². The van der Waals surface area contributed by atoms with E-state index in [-0.39, 0.29) is 19.0 Å². The van der Waals surface area contributed by atoms with Crippen LogP contribution in [0.1, 0.15) is 11.1 Å². The molecule has 0 heterocycles. The predicted molar refractivity (Wildman–Crippen MR) is 54.8 cm³/mol. The molecule has 4 N–H and O–H groups in total. The van der Waals surface area contributed by atoms with Crippen LogP contribution in [0.25, 0.3) is 0 Å². The van der Waals surface area contributed by atoms with Crippen molar-refractivity contribution < 1.29 is 9.84 Å². The number of aliphatic hydroxyl groups excluding tert-OH is 1. The quantitative estimate of drug-likeness (QED) is 0.486. The number of benzene rings is 1. The van der Waals surface area contributed by atoms with Gasteiger partial charge in [-0.15, -0.1) is 0 Å². The summed E-state index contributed by atoms with van der Waals surface area (Å²) in [6.45, 7) is 2.08. The summed E-state index contributed by atoms with van der Waals surface area (Å²) >= 11 is 0. The molecule has 1 aromatic carbocycles. The molecule has 0 aliphatic rings. The maximum Gasteiger partial charge on any atom is 0.130 e. The van der Waals surface area contributed by atoms with Gasteiger partial charge >= 0.3 is 0 Å². The zero-order valence-corrected chi connectivity index (χ0v) is 8.08. The standard InChI is InChI=1S/C10H14N2O2/c1-7-2-3-9(14-5-4-13)8(6-7)10(11)12/h2-3,6,13H,4-5H2,1H3,(H3,11,12). The highest BCUT2D eigenvalue weighted by Crippen LogP contribution is 2.19. The number of ether oxygens (including phenoxy) is 1. The summed E-state index contributed by atoms with van der Waals surface area (Å²) in [5.74, 6) is 0.513. The average Bonchev–Trinajstić information content (AvgIpc) is 2.15. The van der Waals surface area contributed by atoms with Crippen LogP contribution in [0.3, 0.4) is 0 Å². The van der Waals surface area contributed by atoms with Crippen LogP contribution in [-0.4, -0.2) is 24.2 Å². The van der Waals surface area contributed by atoms with Crippen LogP contribution in [0.5, 0.6) is 5.75 Å². The van der Waals surface area contributed by atoms with E-state index in [9.17, 15) is 0 Å². The normalized spacial score (nSPS) is 9.86. The van der Waals surface area contributed by atoms with Gasteiger partial charge in [0.15, 0.2) is 0 Å². The highest BCUT2D eigenvalue weighted by atomic mass is 16.5. The molecule has 1 aromatic rings. The molecule has 0 aliphatic carbocycles. The maximum absolute atomic E-state index is 8.60. The third-order valence-electron chi connectivity index (χ3n) is 1.77. The van der Waals surface area contributed by atoms with Crippen LogP contribution in [0.2, 0.25) is 0 Å². The van der Waals surface area contributed by atoms with Crippen molar-refractivity contribution >= 4 is 5.84 Å². The van der Waals surface area contributed by atoms with Gasteiger partial charge in [-0.1, -0.05) is 11.6 Å². The molecule has 0 spiro atoms. The summed E-state index contributed by atoms with van der Waals surface area (Å²) in [5.41, 5.74) is 6.98. The van der Waals surface area contributed by atoms with Gasteiger partial charge in [-0.05, 0) is 19.1 Å². The number of rotatable bonds is 4. The van der Waals surface area contributed by atoms with E-state index in [0.29, 0.717) is 11.3 Å². The highest BCUT2D eigenvalue weighted by Gasteiger charge is 2.06. The lowest BCUT2D eigenvalue weighted by Gasteiger charge is -2.09. The molecule has 0 saturated carbocycles. The lowest BCUT2D eigenvalue weighted by molar-refractivity contribution is 0.201. The fourth-order valence-electron chi connectivity index (χ4n) is 1.14. The fourth-order valence-corrected chi connectivity index (χ4v) is 1.14. The van der Waals surface area contributed by atoms with Crippen molar-refractivity contribution in [3.8, 4) is 5.75 Å². The van der Waals surface area contributed by atoms with E-state index in [2.05, 4.69) is 0 Å². The molecule has 4 heteroatoms. The fraction of sp³-hybridized carbons (Fsp3) is 0.300. The molecule has 0 radical (unpaired) electrons. The molecular formula is C10H14N2O2. The molecule has 0 aromatic heterocycles. The van der Waals surface area contributed by atoms with Crippen molar-refractivity contribution in [3.05, 3.63) is 29.3 Å². The van der Waals surface area contributed by atoms with Crippen molar-refractivity contribution in [1.82, 2.24) is 0 Å². The Kier molecular flexibility index (Phi) is 3.48. The van der Waals surface area contributed by atoms with Gasteiger partial charge in [0.05, 0.1) is 12.2 Å². The summed E-state index contributed by atoms with van der Waals surface area (Å²) in [6, 6.07) is 5.41. The van der Waals surface area contributed by atoms with Crippen molar-refractivity contribution in [1.29, 1.82) is 5.41 Å². The molecule has 0 aliphatic heterocycles. The molecule has 0 amide bonds. The minimum Gasteiger partial charge on any atom is -0.490 e. The second kappa shape index (κ2) is 4.62. The lowest BCUT2D eigenvalue weighted by Crippen LogP contribution is -2.14. The van der Waals surface area contributed by atoms with Crippen LogP contribution in [0.15, 0.2) is 18.2 Å². The number of nitrogen functional groups attached to an aromatic ring is 1. The van der Waals surface area contributed by atoms with Gasteiger partial charge in [0.25, 0.3) is 0 Å². The molecular weight excluding hydrogens is 180 g/mol. The van der Waals surface area contributed by atoms with E-state index in [1.54, 1.807) is 12.1 Å². The number of hydrogen-bond acceptors (Lipinski definition) is 3. The van der Waals surface area contributed by atoms with E-state index in [4.69, 9.17) is 21.0 Å². The summed E-state index contributed by atoms with van der Waals surface area (Å²) in [4.78, 5) is 0. The first-order valence-electron chi connectivity index (χ1n) is 4.34. The Labute approximate surface area is 82.8 Å². The summed E-state index contributed by atoms with van der Waals surface area (Å²) in [6.07, 6.45) is 0. The Morgan fingerprint density at radius 3 is 2.86 bits per heavy atom. The molecule has 4 nitrogen and oxygen atoms in total. The molecule has 76 valence electrons. The molecule has 1 rings (SSSR count). The van der Waals surface area contributed by atoms with Crippen LogP contribution in [-0.2, 0) is 0 Å². The molecule has 0 fully saturated rings. The van der Waals surface area contributed by atoms with Crippen LogP contribution in [0, 0.1) is 12.3 Å². The largest absolute Gasteiger partial charge is 0.490 e. The zero-order chi connectivity index (χ0) is 10.6. The lowest BCUT2D eigenvalue weighted by atomic mass is 10.1. The van der Waals surface area contributed by atoms with Crippen molar-refractivity contribution in [2.45, 2.75) is 6.92 Å². The smallest absolute Gasteiger partial charge is 0.130 e. The Morgan fingerprint density at radius 1 is 1.57 bits per heavy atom. The van der Waals surface area contributed by atoms with Crippen LogP contribution < -0.4 is 10.5 Å². The highest BCUT2D eigenvalue weighted by molar-refractivity contribution is 5.97. The summed E-state index contributed by atoms with van der Waals surface area (Å²) in [7, 11) is 0. The number of nitrogens with one attached hydrogen (secondary N) is 1. The van der Waals surface area contributed by atoms with E-state index < -0.39 is 0 Å². The molecule has 0 saturated heterocycles. The van der Waals surface area contributed by atoms with Gasteiger partial charge in [0.1, 0.15) is 18.2 Å². The average molecular weight is 194 g/mol. The number of hydrogen-bond donors (Lipinski definition) is 3. The van der Waals surface area contributed by atoms with Gasteiger partial charge in [0, 0.05) is 0 Å². The van der Waals surface area contributed by atoms with Gasteiger partial charge in [-0.2, -0.15) is 0 Å². The van der Waals surface area contributed by atoms with Gasteiger partial charge in [-0.3, -0.25) is 5.41 Å². The van der Waals surface area contributed by atoms with Crippen LogP contribution >= 0.6 is 0 Å². The summed E-state index contributed by atoms with van der Waals surface area (Å²) in [5, 5.41) is 15.9. The summed E-state index contributed by atoms with van der Waals surface area (Å²) < 4.78 is 5.23. The first kappa shape index (κ1) is 10.5. The number of nitrogens with two attached hydrogens (primary N) is 1. The SMILES string of the molecule is Cc1ccc(OCCO)c(C(=N)N)c1. The Morgan fingerprint density at radius 2 is 2.29 bits per heavy atom. The minimum atomic E-state index is -0.0504. The second-order valence-electron chi connectivity index (χ2n) is 2.99. The third kappa shape index (κ3) is 2.47. The Bertz CT molecular complexity index is 337. The second-order valence-corrected chi connectivity index (χ2v) is 2.99. The molecule has 0 unspecified atom stereocenters. The first-order chi connectivity index (χ1) is 6.65. The van der Waals surface area contributed by atoms with Crippen molar-refractivity contribution in [3.63, 3.8) is 0 Å². The number of aliphatic hydroxyl groups is 1. The first-order valence-corrected chi connectivity index (χ1v) is 4.34. The van der Waals surface area contributed by atoms with Gasteiger partial charge in [0.2, 0.25) is 0 Å². The van der Waals surface area contributed by atoms with E-state index >= 15 is 0 Å². The van der Waals surface area contributed by atoms with E-state index in [1.165, 1.54) is 0 Å². The topological polar surface area (TPSA) is 79.3 Å². The minimum absolute atomic E-state index is 0.0263.